The first kappa shape index (κ1) is 24.5. The highest BCUT2D eigenvalue weighted by Crippen LogP contribution is 2.37. The standard InChI is InChI=1S/C28H27F3N6O/c1-15-11-34-26-20(15)10-19(12-35-26)18-8-17-5-7-37(14-23(17)21(9-18)24-4-3-6-32-24)27(38)22-13-33-16(2)36-25(22)28(29,30)31/h8-13,24,32H,3-7,14H2,1-2H3,(H,34,35). The highest BCUT2D eigenvalue weighted by atomic mass is 19.4. The molecule has 1 unspecified atom stereocenters. The maximum atomic E-state index is 13.7. The monoisotopic (exact) mass is 520 g/mol. The molecule has 2 N–H and O–H groups in total. The molecule has 10 heteroatoms. The van der Waals surface area contributed by atoms with Gasteiger partial charge in [0.05, 0.1) is 5.56 Å². The van der Waals surface area contributed by atoms with Crippen LogP contribution in [0.15, 0.2) is 36.8 Å². The van der Waals surface area contributed by atoms with Gasteiger partial charge in [0.1, 0.15) is 11.5 Å². The fourth-order valence-corrected chi connectivity index (χ4v) is 5.60. The number of carbonyl (C=O) groups excluding carboxylic acids is 1. The molecule has 0 saturated carbocycles. The van der Waals surface area contributed by atoms with E-state index in [-0.39, 0.29) is 18.4 Å². The second-order valence-corrected chi connectivity index (χ2v) is 10.1. The Labute approximate surface area is 217 Å². The van der Waals surface area contributed by atoms with Crippen molar-refractivity contribution in [3.8, 4) is 11.1 Å². The van der Waals surface area contributed by atoms with E-state index in [0.717, 1.165) is 70.0 Å². The maximum Gasteiger partial charge on any atom is 0.434 e. The van der Waals surface area contributed by atoms with E-state index < -0.39 is 23.3 Å². The van der Waals surface area contributed by atoms with Gasteiger partial charge in [0, 0.05) is 48.7 Å². The van der Waals surface area contributed by atoms with Gasteiger partial charge >= 0.3 is 6.18 Å². The molecular weight excluding hydrogens is 493 g/mol. The van der Waals surface area contributed by atoms with Gasteiger partial charge in [-0.1, -0.05) is 6.07 Å². The van der Waals surface area contributed by atoms with E-state index in [0.29, 0.717) is 13.0 Å². The first-order valence-corrected chi connectivity index (χ1v) is 12.7. The normalized spacial score (nSPS) is 17.7. The minimum atomic E-state index is -4.74. The van der Waals surface area contributed by atoms with Crippen molar-refractivity contribution >= 4 is 16.9 Å². The lowest BCUT2D eigenvalue weighted by Crippen LogP contribution is -2.38. The summed E-state index contributed by atoms with van der Waals surface area (Å²) < 4.78 is 41.1. The summed E-state index contributed by atoms with van der Waals surface area (Å²) in [5, 5.41) is 4.62. The van der Waals surface area contributed by atoms with Crippen molar-refractivity contribution in [1.29, 1.82) is 0 Å². The van der Waals surface area contributed by atoms with Crippen LogP contribution < -0.4 is 5.32 Å². The second kappa shape index (κ2) is 9.20. The number of pyridine rings is 1. The number of aromatic amines is 1. The molecule has 0 spiro atoms. The Morgan fingerprint density at radius 1 is 1.11 bits per heavy atom. The number of rotatable bonds is 3. The molecule has 0 aliphatic carbocycles. The molecule has 3 aromatic heterocycles. The Morgan fingerprint density at radius 3 is 2.71 bits per heavy atom. The van der Waals surface area contributed by atoms with Gasteiger partial charge in [-0.2, -0.15) is 13.2 Å². The Morgan fingerprint density at radius 2 is 1.95 bits per heavy atom. The first-order valence-electron chi connectivity index (χ1n) is 12.7. The lowest BCUT2D eigenvalue weighted by atomic mass is 9.87. The summed E-state index contributed by atoms with van der Waals surface area (Å²) in [5.41, 5.74) is 5.53. The van der Waals surface area contributed by atoms with Crippen molar-refractivity contribution in [3.05, 3.63) is 76.1 Å². The Bertz CT molecular complexity index is 1550. The van der Waals surface area contributed by atoms with Crippen LogP contribution in [-0.4, -0.2) is 43.8 Å². The number of halogens is 3. The summed E-state index contributed by atoms with van der Waals surface area (Å²) in [5.74, 6) is -0.725. The van der Waals surface area contributed by atoms with Crippen LogP contribution in [0.5, 0.6) is 0 Å². The number of nitrogens with zero attached hydrogens (tertiary/aromatic N) is 4. The van der Waals surface area contributed by atoms with Gasteiger partial charge in [-0.05, 0) is 79.6 Å². The minimum absolute atomic E-state index is 0.0255. The van der Waals surface area contributed by atoms with Crippen LogP contribution in [0.3, 0.4) is 0 Å². The Hall–Kier alpha value is -3.79. The fraction of sp³-hybridized carbons (Fsp3) is 0.357. The van der Waals surface area contributed by atoms with Crippen LogP contribution in [0.4, 0.5) is 13.2 Å². The predicted octanol–water partition coefficient (Wildman–Crippen LogP) is 5.28. The molecule has 4 aromatic rings. The van der Waals surface area contributed by atoms with Gasteiger partial charge in [0.2, 0.25) is 0 Å². The molecule has 7 nitrogen and oxygen atoms in total. The van der Waals surface area contributed by atoms with Gasteiger partial charge < -0.3 is 15.2 Å². The van der Waals surface area contributed by atoms with Crippen molar-refractivity contribution < 1.29 is 18.0 Å². The van der Waals surface area contributed by atoms with Crippen molar-refractivity contribution in [2.75, 3.05) is 13.1 Å². The van der Waals surface area contributed by atoms with Crippen molar-refractivity contribution in [1.82, 2.24) is 30.2 Å². The molecule has 0 bridgehead atoms. The molecule has 1 saturated heterocycles. The number of aromatic nitrogens is 4. The zero-order chi connectivity index (χ0) is 26.6. The molecular formula is C28H27F3N6O. The number of hydrogen-bond acceptors (Lipinski definition) is 5. The third-order valence-corrected chi connectivity index (χ3v) is 7.58. The number of fused-ring (bicyclic) bond motifs is 2. The predicted molar refractivity (Wildman–Crippen MR) is 136 cm³/mol. The number of benzene rings is 1. The third kappa shape index (κ3) is 4.32. The van der Waals surface area contributed by atoms with E-state index >= 15 is 0 Å². The van der Waals surface area contributed by atoms with E-state index in [1.807, 2.05) is 19.3 Å². The van der Waals surface area contributed by atoms with Crippen LogP contribution in [0.2, 0.25) is 0 Å². The smallest absolute Gasteiger partial charge is 0.346 e. The molecule has 196 valence electrons. The summed E-state index contributed by atoms with van der Waals surface area (Å²) in [7, 11) is 0. The van der Waals surface area contributed by atoms with E-state index in [2.05, 4.69) is 43.5 Å². The molecule has 2 aliphatic heterocycles. The fourth-order valence-electron chi connectivity index (χ4n) is 5.60. The Balaban J connectivity index is 1.39. The van der Waals surface area contributed by atoms with E-state index in [1.54, 1.807) is 0 Å². The summed E-state index contributed by atoms with van der Waals surface area (Å²) in [6.45, 7) is 4.87. The SMILES string of the molecule is Cc1ncc(C(=O)N2CCc3cc(-c4cnc5[nH]cc(C)c5c4)cc(C4CCCN4)c3C2)c(C(F)(F)F)n1. The number of nitrogens with one attached hydrogen (secondary N) is 2. The van der Waals surface area contributed by atoms with Crippen LogP contribution >= 0.6 is 0 Å². The number of amides is 1. The van der Waals surface area contributed by atoms with Crippen LogP contribution in [0.25, 0.3) is 22.2 Å². The average molecular weight is 521 g/mol. The molecule has 1 atom stereocenters. The van der Waals surface area contributed by atoms with E-state index in [1.165, 1.54) is 11.8 Å². The number of hydrogen-bond donors (Lipinski definition) is 2. The summed E-state index contributed by atoms with van der Waals surface area (Å²) in [6, 6.07) is 6.54. The molecule has 0 radical (unpaired) electrons. The maximum absolute atomic E-state index is 13.7. The largest absolute Gasteiger partial charge is 0.434 e. The van der Waals surface area contributed by atoms with Gasteiger partial charge in [0.15, 0.2) is 5.69 Å². The van der Waals surface area contributed by atoms with Crippen molar-refractivity contribution in [3.63, 3.8) is 0 Å². The highest BCUT2D eigenvalue weighted by Gasteiger charge is 2.39. The molecule has 1 aromatic carbocycles. The summed E-state index contributed by atoms with van der Waals surface area (Å²) in [4.78, 5) is 30.1. The van der Waals surface area contributed by atoms with Crippen LogP contribution in [-0.2, 0) is 19.1 Å². The number of alkyl halides is 3. The zero-order valence-electron chi connectivity index (χ0n) is 21.1. The quantitative estimate of drug-likeness (QED) is 0.384. The summed E-state index contributed by atoms with van der Waals surface area (Å²) >= 11 is 0. The molecule has 5 heterocycles. The molecule has 1 fully saturated rings. The zero-order valence-corrected chi connectivity index (χ0v) is 21.1. The minimum Gasteiger partial charge on any atom is -0.346 e. The van der Waals surface area contributed by atoms with E-state index in [4.69, 9.17) is 0 Å². The Kier molecular flexibility index (Phi) is 5.94. The lowest BCUT2D eigenvalue weighted by Gasteiger charge is -2.32. The number of H-pyrrole nitrogens is 1. The van der Waals surface area contributed by atoms with Gasteiger partial charge in [-0.3, -0.25) is 4.79 Å². The van der Waals surface area contributed by atoms with Gasteiger partial charge in [-0.15, -0.1) is 0 Å². The highest BCUT2D eigenvalue weighted by molar-refractivity contribution is 5.95. The van der Waals surface area contributed by atoms with Gasteiger partial charge in [-0.25, -0.2) is 15.0 Å². The topological polar surface area (TPSA) is 86.8 Å². The van der Waals surface area contributed by atoms with Gasteiger partial charge in [0.25, 0.3) is 5.91 Å². The van der Waals surface area contributed by atoms with Crippen molar-refractivity contribution in [2.24, 2.45) is 0 Å². The first-order chi connectivity index (χ1) is 18.2. The second-order valence-electron chi connectivity index (χ2n) is 10.1. The average Bonchev–Trinajstić information content (AvgIpc) is 3.57. The van der Waals surface area contributed by atoms with Crippen molar-refractivity contribution in [2.45, 2.75) is 51.9 Å². The number of aryl methyl sites for hydroxylation is 2. The third-order valence-electron chi connectivity index (χ3n) is 7.58. The molecule has 2 aliphatic rings. The molecule has 6 rings (SSSR count). The van der Waals surface area contributed by atoms with Crippen LogP contribution in [0, 0.1) is 13.8 Å². The lowest BCUT2D eigenvalue weighted by molar-refractivity contribution is -0.141. The number of carbonyl (C=O) groups is 1. The molecule has 38 heavy (non-hydrogen) atoms. The summed E-state index contributed by atoms with van der Waals surface area (Å²) in [6.07, 6.45) is 2.60. The van der Waals surface area contributed by atoms with Crippen LogP contribution in [0.1, 0.15) is 63.0 Å². The molecule has 1 amide bonds. The van der Waals surface area contributed by atoms with E-state index in [9.17, 15) is 18.0 Å².